The van der Waals surface area contributed by atoms with Crippen molar-refractivity contribution in [1.29, 1.82) is 5.41 Å². The molecule has 0 saturated carbocycles. The van der Waals surface area contributed by atoms with Crippen LogP contribution in [0.15, 0.2) is 36.5 Å². The number of nitrogens with one attached hydrogen (secondary N) is 1. The van der Waals surface area contributed by atoms with Gasteiger partial charge in [-0.2, -0.15) is 0 Å². The van der Waals surface area contributed by atoms with Crippen LogP contribution in [-0.2, 0) is 17.9 Å². The average Bonchev–Trinajstić information content (AvgIpc) is 2.49. The molecule has 110 valence electrons. The molecule has 0 aliphatic heterocycles. The van der Waals surface area contributed by atoms with Crippen molar-refractivity contribution in [3.8, 4) is 0 Å². The van der Waals surface area contributed by atoms with Gasteiger partial charge in [0.05, 0.1) is 13.2 Å². The topological polar surface area (TPSA) is 68.0 Å². The van der Waals surface area contributed by atoms with Crippen molar-refractivity contribution < 1.29 is 9.53 Å². The maximum atomic E-state index is 12.2. The summed E-state index contributed by atoms with van der Waals surface area (Å²) in [4.78, 5) is 16.4. The maximum Gasteiger partial charge on any atom is 0.182 e. The molecule has 0 radical (unpaired) electrons. The molecule has 0 atom stereocenters. The Morgan fingerprint density at radius 3 is 2.71 bits per heavy atom. The number of hydrogen-bond donors (Lipinski definition) is 1. The number of carbonyl (C=O) groups is 1. The molecule has 0 unspecified atom stereocenters. The molecule has 5 nitrogen and oxygen atoms in total. The van der Waals surface area contributed by atoms with Gasteiger partial charge in [0.2, 0.25) is 0 Å². The molecule has 0 fully saturated rings. The second kappa shape index (κ2) is 6.95. The second-order valence-electron chi connectivity index (χ2n) is 4.72. The summed E-state index contributed by atoms with van der Waals surface area (Å²) >= 11 is 0. The highest BCUT2D eigenvalue weighted by Gasteiger charge is 2.09. The highest BCUT2D eigenvalue weighted by molar-refractivity contribution is 5.95. The molecule has 0 bridgehead atoms. The lowest BCUT2D eigenvalue weighted by Gasteiger charge is -2.12. The summed E-state index contributed by atoms with van der Waals surface area (Å²) in [7, 11) is 0. The predicted octanol–water partition coefficient (Wildman–Crippen LogP) is 2.09. The van der Waals surface area contributed by atoms with Crippen LogP contribution in [0.25, 0.3) is 0 Å². The first-order chi connectivity index (χ1) is 10.1. The molecule has 0 aliphatic carbocycles. The zero-order valence-corrected chi connectivity index (χ0v) is 12.3. The molecule has 1 N–H and O–H groups in total. The van der Waals surface area contributed by atoms with E-state index in [0.717, 1.165) is 0 Å². The van der Waals surface area contributed by atoms with Gasteiger partial charge in [-0.1, -0.05) is 30.3 Å². The Bertz CT molecular complexity index is 678. The number of hydrogen-bond acceptors (Lipinski definition) is 4. The van der Waals surface area contributed by atoms with Gasteiger partial charge in [0, 0.05) is 23.9 Å². The monoisotopic (exact) mass is 285 g/mol. The largest absolute Gasteiger partial charge is 0.377 e. The van der Waals surface area contributed by atoms with Crippen LogP contribution >= 0.6 is 0 Å². The molecule has 2 rings (SSSR count). The standard InChI is InChI=1S/C16H19N3O2/c1-3-21-11-14-9-19(12(2)18-16(14)17)10-15(20)13-7-5-4-6-8-13/h4-9,17H,3,10-11H2,1-2H3. The molecule has 1 heterocycles. The summed E-state index contributed by atoms with van der Waals surface area (Å²) in [6.07, 6.45) is 1.78. The van der Waals surface area contributed by atoms with Gasteiger partial charge in [-0.3, -0.25) is 10.2 Å². The second-order valence-corrected chi connectivity index (χ2v) is 4.72. The number of nitrogens with zero attached hydrogens (tertiary/aromatic N) is 2. The van der Waals surface area contributed by atoms with Crippen LogP contribution in [0.5, 0.6) is 0 Å². The molecule has 0 spiro atoms. The van der Waals surface area contributed by atoms with Gasteiger partial charge >= 0.3 is 0 Å². The van der Waals surface area contributed by atoms with Crippen molar-refractivity contribution in [3.63, 3.8) is 0 Å². The van der Waals surface area contributed by atoms with Crippen LogP contribution in [0.2, 0.25) is 0 Å². The predicted molar refractivity (Wildman–Crippen MR) is 78.9 cm³/mol. The third-order valence-electron chi connectivity index (χ3n) is 3.18. The van der Waals surface area contributed by atoms with Crippen molar-refractivity contribution in [2.45, 2.75) is 27.0 Å². The number of carbonyl (C=O) groups excluding carboxylic acids is 1. The highest BCUT2D eigenvalue weighted by atomic mass is 16.5. The lowest BCUT2D eigenvalue weighted by atomic mass is 10.1. The Morgan fingerprint density at radius 1 is 1.33 bits per heavy atom. The molecule has 2 aromatic rings. The van der Waals surface area contributed by atoms with E-state index in [1.807, 2.05) is 25.1 Å². The van der Waals surface area contributed by atoms with E-state index < -0.39 is 0 Å². The zero-order valence-electron chi connectivity index (χ0n) is 12.3. The fourth-order valence-electron chi connectivity index (χ4n) is 1.99. The Hall–Kier alpha value is -2.27. The number of rotatable bonds is 6. The molecule has 0 saturated heterocycles. The van der Waals surface area contributed by atoms with Crippen molar-refractivity contribution in [3.05, 3.63) is 59.0 Å². The number of ketones is 1. The Kier molecular flexibility index (Phi) is 5.00. The fourth-order valence-corrected chi connectivity index (χ4v) is 1.99. The number of ether oxygens (including phenoxy) is 1. The van der Waals surface area contributed by atoms with E-state index in [9.17, 15) is 4.79 Å². The van der Waals surface area contributed by atoms with E-state index >= 15 is 0 Å². The van der Waals surface area contributed by atoms with E-state index in [-0.39, 0.29) is 17.8 Å². The molecular weight excluding hydrogens is 266 g/mol. The molecule has 21 heavy (non-hydrogen) atoms. The summed E-state index contributed by atoms with van der Waals surface area (Å²) in [5.41, 5.74) is 1.55. The lowest BCUT2D eigenvalue weighted by molar-refractivity contribution is 0.0969. The van der Waals surface area contributed by atoms with Gasteiger partial charge < -0.3 is 9.30 Å². The number of aryl methyl sites for hydroxylation is 1. The Labute approximate surface area is 123 Å². The van der Waals surface area contributed by atoms with E-state index in [1.165, 1.54) is 0 Å². The summed E-state index contributed by atoms with van der Waals surface area (Å²) in [6.45, 7) is 4.82. The van der Waals surface area contributed by atoms with Gasteiger partial charge in [0.1, 0.15) is 5.82 Å². The van der Waals surface area contributed by atoms with Crippen LogP contribution in [-0.4, -0.2) is 21.9 Å². The van der Waals surface area contributed by atoms with Gasteiger partial charge in [-0.05, 0) is 13.8 Å². The molecular formula is C16H19N3O2. The highest BCUT2D eigenvalue weighted by Crippen LogP contribution is 2.05. The summed E-state index contributed by atoms with van der Waals surface area (Å²) in [5, 5.41) is 7.84. The van der Waals surface area contributed by atoms with Gasteiger partial charge in [-0.25, -0.2) is 4.98 Å². The fraction of sp³-hybridized carbons (Fsp3) is 0.312. The molecule has 0 amide bonds. The van der Waals surface area contributed by atoms with E-state index in [2.05, 4.69) is 4.98 Å². The third kappa shape index (κ3) is 3.86. The first kappa shape index (κ1) is 15.1. The molecule has 0 aliphatic rings. The zero-order chi connectivity index (χ0) is 15.2. The van der Waals surface area contributed by atoms with E-state index in [4.69, 9.17) is 10.1 Å². The minimum atomic E-state index is 0.0191. The third-order valence-corrected chi connectivity index (χ3v) is 3.18. The van der Waals surface area contributed by atoms with Crippen molar-refractivity contribution >= 4 is 5.78 Å². The summed E-state index contributed by atoms with van der Waals surface area (Å²) in [6, 6.07) is 9.16. The SMILES string of the molecule is CCOCc1cn(CC(=O)c2ccccc2)c(C)nc1=N. The van der Waals surface area contributed by atoms with Crippen LogP contribution in [0.4, 0.5) is 0 Å². The van der Waals surface area contributed by atoms with Gasteiger partial charge in [0.15, 0.2) is 11.3 Å². The van der Waals surface area contributed by atoms with Crippen LogP contribution in [0.3, 0.4) is 0 Å². The maximum absolute atomic E-state index is 12.2. The Morgan fingerprint density at radius 2 is 2.05 bits per heavy atom. The molecule has 5 heteroatoms. The minimum absolute atomic E-state index is 0.0191. The first-order valence-electron chi connectivity index (χ1n) is 6.89. The lowest BCUT2D eigenvalue weighted by Crippen LogP contribution is -2.23. The smallest absolute Gasteiger partial charge is 0.182 e. The average molecular weight is 285 g/mol. The first-order valence-corrected chi connectivity index (χ1v) is 6.89. The number of benzene rings is 1. The number of Topliss-reactive ketones (excluding diaryl/α,β-unsaturated/α-hetero) is 1. The molecule has 1 aromatic carbocycles. The molecule has 1 aromatic heterocycles. The van der Waals surface area contributed by atoms with E-state index in [0.29, 0.717) is 30.2 Å². The van der Waals surface area contributed by atoms with Gasteiger partial charge in [0.25, 0.3) is 0 Å². The van der Waals surface area contributed by atoms with Crippen molar-refractivity contribution in [2.75, 3.05) is 6.61 Å². The van der Waals surface area contributed by atoms with Crippen molar-refractivity contribution in [2.24, 2.45) is 0 Å². The van der Waals surface area contributed by atoms with Crippen LogP contribution < -0.4 is 5.49 Å². The number of aromatic nitrogens is 2. The van der Waals surface area contributed by atoms with Gasteiger partial charge in [-0.15, -0.1) is 0 Å². The minimum Gasteiger partial charge on any atom is -0.377 e. The normalized spacial score (nSPS) is 10.6. The summed E-state index contributed by atoms with van der Waals surface area (Å²) < 4.78 is 7.09. The quantitative estimate of drug-likeness (QED) is 0.826. The van der Waals surface area contributed by atoms with E-state index in [1.54, 1.807) is 29.8 Å². The Balaban J connectivity index is 2.23. The van der Waals surface area contributed by atoms with Crippen LogP contribution in [0, 0.1) is 12.3 Å². The van der Waals surface area contributed by atoms with Crippen molar-refractivity contribution in [1.82, 2.24) is 9.55 Å². The van der Waals surface area contributed by atoms with Crippen LogP contribution in [0.1, 0.15) is 28.7 Å². The summed E-state index contributed by atoms with van der Waals surface area (Å²) in [5.74, 6) is 0.662.